The highest BCUT2D eigenvalue weighted by molar-refractivity contribution is 9.10. The van der Waals surface area contributed by atoms with Crippen LogP contribution in [0.1, 0.15) is 5.69 Å². The van der Waals surface area contributed by atoms with E-state index in [1.807, 2.05) is 49.4 Å². The van der Waals surface area contributed by atoms with Gasteiger partial charge in [0.25, 0.3) is 0 Å². The molecule has 19 heavy (non-hydrogen) atoms. The fourth-order valence-electron chi connectivity index (χ4n) is 1.84. The molecule has 3 aromatic rings. The van der Waals surface area contributed by atoms with Crippen LogP contribution in [0.15, 0.2) is 53.1 Å². The predicted molar refractivity (Wildman–Crippen MR) is 78.5 cm³/mol. The Morgan fingerprint density at radius 3 is 2.74 bits per heavy atom. The number of benzene rings is 1. The van der Waals surface area contributed by atoms with Gasteiger partial charge in [-0.25, -0.2) is 9.97 Å². The highest BCUT2D eigenvalue weighted by atomic mass is 79.9. The predicted octanol–water partition coefficient (Wildman–Crippen LogP) is 4.49. The van der Waals surface area contributed by atoms with Crippen molar-refractivity contribution in [3.63, 3.8) is 0 Å². The molecule has 0 spiro atoms. The van der Waals surface area contributed by atoms with Crippen LogP contribution in [0.3, 0.4) is 0 Å². The molecule has 3 rings (SSSR count). The summed E-state index contributed by atoms with van der Waals surface area (Å²) in [7, 11) is 0. The molecular formula is C15H11BrN2O. The minimum Gasteiger partial charge on any atom is -0.437 e. The van der Waals surface area contributed by atoms with Crippen LogP contribution >= 0.6 is 15.9 Å². The van der Waals surface area contributed by atoms with Crippen LogP contribution in [-0.4, -0.2) is 9.97 Å². The molecule has 4 heteroatoms. The summed E-state index contributed by atoms with van der Waals surface area (Å²) in [5.41, 5.74) is 1.82. The maximum Gasteiger partial charge on any atom is 0.219 e. The van der Waals surface area contributed by atoms with E-state index in [-0.39, 0.29) is 0 Å². The van der Waals surface area contributed by atoms with E-state index in [9.17, 15) is 0 Å². The summed E-state index contributed by atoms with van der Waals surface area (Å²) < 4.78 is 6.73. The molecule has 0 aliphatic rings. The van der Waals surface area contributed by atoms with E-state index in [2.05, 4.69) is 25.9 Å². The molecule has 0 bridgehead atoms. The SMILES string of the molecule is Cc1ccc2cccc(Oc3ccc(Br)cn3)c2n1. The highest BCUT2D eigenvalue weighted by Gasteiger charge is 2.05. The van der Waals surface area contributed by atoms with E-state index >= 15 is 0 Å². The minimum atomic E-state index is 0.555. The van der Waals surface area contributed by atoms with Gasteiger partial charge in [-0.3, -0.25) is 0 Å². The Hall–Kier alpha value is -1.94. The Labute approximate surface area is 119 Å². The van der Waals surface area contributed by atoms with Crippen molar-refractivity contribution < 1.29 is 4.74 Å². The van der Waals surface area contributed by atoms with Gasteiger partial charge in [-0.05, 0) is 41.1 Å². The van der Waals surface area contributed by atoms with Crippen molar-refractivity contribution in [3.8, 4) is 11.6 Å². The first-order valence-corrected chi connectivity index (χ1v) is 6.67. The summed E-state index contributed by atoms with van der Waals surface area (Å²) in [5.74, 6) is 1.27. The lowest BCUT2D eigenvalue weighted by Gasteiger charge is -2.08. The van der Waals surface area contributed by atoms with Crippen LogP contribution in [0.25, 0.3) is 10.9 Å². The van der Waals surface area contributed by atoms with Crippen molar-refractivity contribution in [2.45, 2.75) is 6.92 Å². The number of hydrogen-bond acceptors (Lipinski definition) is 3. The van der Waals surface area contributed by atoms with Gasteiger partial charge in [-0.15, -0.1) is 0 Å². The molecular weight excluding hydrogens is 304 g/mol. The second-order valence-corrected chi connectivity index (χ2v) is 5.11. The molecule has 0 amide bonds. The number of ether oxygens (including phenoxy) is 1. The van der Waals surface area contributed by atoms with Gasteiger partial charge in [-0.1, -0.05) is 18.2 Å². The van der Waals surface area contributed by atoms with Crippen LogP contribution in [0.4, 0.5) is 0 Å². The standard InChI is InChI=1S/C15H11BrN2O/c1-10-5-6-11-3-2-4-13(15(11)18-10)19-14-8-7-12(16)9-17-14/h2-9H,1H3. The minimum absolute atomic E-state index is 0.555. The van der Waals surface area contributed by atoms with E-state index in [0.29, 0.717) is 5.88 Å². The summed E-state index contributed by atoms with van der Waals surface area (Å²) in [6.07, 6.45) is 1.71. The molecule has 0 fully saturated rings. The summed E-state index contributed by atoms with van der Waals surface area (Å²) in [4.78, 5) is 8.73. The Morgan fingerprint density at radius 1 is 1.05 bits per heavy atom. The lowest BCUT2D eigenvalue weighted by atomic mass is 10.2. The first kappa shape index (κ1) is 12.1. The Bertz CT molecular complexity index is 726. The van der Waals surface area contributed by atoms with Crippen molar-refractivity contribution in [2.24, 2.45) is 0 Å². The molecule has 1 aromatic carbocycles. The van der Waals surface area contributed by atoms with E-state index in [4.69, 9.17) is 4.74 Å². The molecule has 0 N–H and O–H groups in total. The van der Waals surface area contributed by atoms with E-state index < -0.39 is 0 Å². The average Bonchev–Trinajstić information content (AvgIpc) is 2.42. The quantitative estimate of drug-likeness (QED) is 0.699. The molecule has 0 saturated carbocycles. The monoisotopic (exact) mass is 314 g/mol. The number of hydrogen-bond donors (Lipinski definition) is 0. The number of pyridine rings is 2. The van der Waals surface area contributed by atoms with Crippen LogP contribution in [0, 0.1) is 6.92 Å². The third-order valence-corrected chi connectivity index (χ3v) is 3.21. The van der Waals surface area contributed by atoms with Crippen molar-refractivity contribution in [1.82, 2.24) is 9.97 Å². The van der Waals surface area contributed by atoms with Gasteiger partial charge in [0, 0.05) is 27.8 Å². The zero-order valence-corrected chi connectivity index (χ0v) is 11.9. The van der Waals surface area contributed by atoms with Crippen molar-refractivity contribution >= 4 is 26.8 Å². The number of aromatic nitrogens is 2. The van der Waals surface area contributed by atoms with Crippen molar-refractivity contribution in [2.75, 3.05) is 0 Å². The van der Waals surface area contributed by atoms with Crippen LogP contribution < -0.4 is 4.74 Å². The third kappa shape index (κ3) is 2.58. The topological polar surface area (TPSA) is 35.0 Å². The van der Waals surface area contributed by atoms with E-state index in [1.165, 1.54) is 0 Å². The molecule has 2 aromatic heterocycles. The van der Waals surface area contributed by atoms with Gasteiger partial charge in [0.2, 0.25) is 5.88 Å². The number of halogens is 1. The highest BCUT2D eigenvalue weighted by Crippen LogP contribution is 2.28. The first-order valence-electron chi connectivity index (χ1n) is 5.88. The van der Waals surface area contributed by atoms with Gasteiger partial charge in [0.15, 0.2) is 5.75 Å². The average molecular weight is 315 g/mol. The molecule has 3 nitrogen and oxygen atoms in total. The third-order valence-electron chi connectivity index (χ3n) is 2.74. The molecule has 0 atom stereocenters. The number of rotatable bonds is 2. The molecule has 94 valence electrons. The maximum atomic E-state index is 5.81. The van der Waals surface area contributed by atoms with Gasteiger partial charge in [-0.2, -0.15) is 0 Å². The second kappa shape index (κ2) is 4.97. The van der Waals surface area contributed by atoms with Crippen molar-refractivity contribution in [1.29, 1.82) is 0 Å². The second-order valence-electron chi connectivity index (χ2n) is 4.20. The molecule has 0 radical (unpaired) electrons. The summed E-state index contributed by atoms with van der Waals surface area (Å²) >= 11 is 3.35. The van der Waals surface area contributed by atoms with Gasteiger partial charge < -0.3 is 4.74 Å². The Morgan fingerprint density at radius 2 is 1.95 bits per heavy atom. The summed E-state index contributed by atoms with van der Waals surface area (Å²) in [6.45, 7) is 1.97. The number of aryl methyl sites for hydroxylation is 1. The fourth-order valence-corrected chi connectivity index (χ4v) is 2.07. The smallest absolute Gasteiger partial charge is 0.219 e. The maximum absolute atomic E-state index is 5.81. The van der Waals surface area contributed by atoms with Crippen molar-refractivity contribution in [3.05, 3.63) is 58.8 Å². The largest absolute Gasteiger partial charge is 0.437 e. The molecule has 0 aliphatic heterocycles. The Balaban J connectivity index is 2.05. The number of fused-ring (bicyclic) bond motifs is 1. The number of para-hydroxylation sites is 1. The molecule has 0 saturated heterocycles. The van der Waals surface area contributed by atoms with Crippen LogP contribution in [0.2, 0.25) is 0 Å². The number of nitrogens with zero attached hydrogens (tertiary/aromatic N) is 2. The molecule has 0 unspecified atom stereocenters. The van der Waals surface area contributed by atoms with Gasteiger partial charge >= 0.3 is 0 Å². The summed E-state index contributed by atoms with van der Waals surface area (Å²) in [6, 6.07) is 13.6. The lowest BCUT2D eigenvalue weighted by molar-refractivity contribution is 0.467. The fraction of sp³-hybridized carbons (Fsp3) is 0.0667. The first-order chi connectivity index (χ1) is 9.22. The Kier molecular flexibility index (Phi) is 3.17. The van der Waals surface area contributed by atoms with Gasteiger partial charge in [0.1, 0.15) is 5.52 Å². The lowest BCUT2D eigenvalue weighted by Crippen LogP contribution is -1.91. The normalized spacial score (nSPS) is 10.6. The molecule has 0 aliphatic carbocycles. The van der Waals surface area contributed by atoms with E-state index in [1.54, 1.807) is 6.20 Å². The van der Waals surface area contributed by atoms with Crippen LogP contribution in [-0.2, 0) is 0 Å². The zero-order valence-electron chi connectivity index (χ0n) is 10.3. The zero-order chi connectivity index (χ0) is 13.2. The van der Waals surface area contributed by atoms with Crippen LogP contribution in [0.5, 0.6) is 11.6 Å². The van der Waals surface area contributed by atoms with E-state index in [0.717, 1.165) is 26.8 Å². The summed E-state index contributed by atoms with van der Waals surface area (Å²) in [5, 5.41) is 1.06. The van der Waals surface area contributed by atoms with Gasteiger partial charge in [0.05, 0.1) is 0 Å². The molecule has 2 heterocycles.